The second-order valence-electron chi connectivity index (χ2n) is 5.18. The summed E-state index contributed by atoms with van der Waals surface area (Å²) in [7, 11) is 0. The molecule has 1 aromatic heterocycles. The lowest BCUT2D eigenvalue weighted by Gasteiger charge is -2.32. The lowest BCUT2D eigenvalue weighted by Crippen LogP contribution is -2.41. The summed E-state index contributed by atoms with van der Waals surface area (Å²) in [5, 5.41) is 4.12. The van der Waals surface area contributed by atoms with Gasteiger partial charge in [-0.2, -0.15) is 4.98 Å². The molecule has 2 N–H and O–H groups in total. The fraction of sp³-hybridized carbons (Fsp3) is 0.833. The summed E-state index contributed by atoms with van der Waals surface area (Å²) in [6, 6.07) is 0. The number of aromatic nitrogens is 2. The van der Waals surface area contributed by atoms with Crippen LogP contribution in [0.4, 0.5) is 0 Å². The molecule has 94 valence electrons. The summed E-state index contributed by atoms with van der Waals surface area (Å²) in [6.45, 7) is 2.03. The Labute approximate surface area is 101 Å². The highest BCUT2D eigenvalue weighted by atomic mass is 16.5. The lowest BCUT2D eigenvalue weighted by atomic mass is 9.80. The number of nitrogens with two attached hydrogens (primary N) is 1. The van der Waals surface area contributed by atoms with Gasteiger partial charge in [0.2, 0.25) is 5.89 Å². The van der Waals surface area contributed by atoms with Crippen molar-refractivity contribution in [1.82, 2.24) is 10.1 Å². The molecule has 0 bridgehead atoms. The molecular formula is C12H19N3O2. The smallest absolute Gasteiger partial charge is 0.234 e. The average Bonchev–Trinajstić information content (AvgIpc) is 2.77. The first-order valence-corrected chi connectivity index (χ1v) is 6.46. The van der Waals surface area contributed by atoms with Crippen LogP contribution in [-0.2, 0) is 10.2 Å². The second kappa shape index (κ2) is 4.38. The van der Waals surface area contributed by atoms with E-state index in [0.717, 1.165) is 37.8 Å². The van der Waals surface area contributed by atoms with Gasteiger partial charge in [0.15, 0.2) is 5.82 Å². The van der Waals surface area contributed by atoms with Crippen LogP contribution in [-0.4, -0.2) is 29.9 Å². The third-order valence-electron chi connectivity index (χ3n) is 4.21. The van der Waals surface area contributed by atoms with E-state index in [1.165, 1.54) is 19.3 Å². The quantitative estimate of drug-likeness (QED) is 0.858. The van der Waals surface area contributed by atoms with Gasteiger partial charge in [-0.05, 0) is 25.7 Å². The van der Waals surface area contributed by atoms with Crippen LogP contribution >= 0.6 is 0 Å². The molecule has 0 spiro atoms. The van der Waals surface area contributed by atoms with E-state index in [0.29, 0.717) is 12.5 Å². The summed E-state index contributed by atoms with van der Waals surface area (Å²) < 4.78 is 10.8. The van der Waals surface area contributed by atoms with E-state index >= 15 is 0 Å². The standard InChI is InChI=1S/C12H19N3O2/c13-8-12(4-6-16-7-5-12)11-14-10(15-17-11)9-2-1-3-9/h9H,1-8,13H2. The van der Waals surface area contributed by atoms with Crippen molar-refractivity contribution in [2.24, 2.45) is 5.73 Å². The molecule has 5 heteroatoms. The highest BCUT2D eigenvalue weighted by molar-refractivity contribution is 5.10. The molecule has 17 heavy (non-hydrogen) atoms. The van der Waals surface area contributed by atoms with Gasteiger partial charge < -0.3 is 15.0 Å². The van der Waals surface area contributed by atoms with Crippen molar-refractivity contribution < 1.29 is 9.26 Å². The van der Waals surface area contributed by atoms with Crippen molar-refractivity contribution >= 4 is 0 Å². The van der Waals surface area contributed by atoms with Gasteiger partial charge in [-0.15, -0.1) is 0 Å². The SMILES string of the molecule is NCC1(c2nc(C3CCC3)no2)CCOCC1. The van der Waals surface area contributed by atoms with Crippen LogP contribution < -0.4 is 5.73 Å². The third-order valence-corrected chi connectivity index (χ3v) is 4.21. The van der Waals surface area contributed by atoms with Gasteiger partial charge >= 0.3 is 0 Å². The van der Waals surface area contributed by atoms with E-state index in [4.69, 9.17) is 15.0 Å². The Hall–Kier alpha value is -0.940. The molecule has 1 saturated heterocycles. The molecule has 1 aliphatic heterocycles. The molecule has 2 aliphatic rings. The molecule has 1 saturated carbocycles. The molecule has 5 nitrogen and oxygen atoms in total. The molecule has 3 rings (SSSR count). The van der Waals surface area contributed by atoms with Crippen LogP contribution in [0.5, 0.6) is 0 Å². The van der Waals surface area contributed by atoms with Crippen LogP contribution in [0.1, 0.15) is 49.7 Å². The monoisotopic (exact) mass is 237 g/mol. The van der Waals surface area contributed by atoms with E-state index in [1.807, 2.05) is 0 Å². The van der Waals surface area contributed by atoms with Gasteiger partial charge in [0.25, 0.3) is 0 Å². The summed E-state index contributed by atoms with van der Waals surface area (Å²) in [4.78, 5) is 4.59. The summed E-state index contributed by atoms with van der Waals surface area (Å²) in [5.74, 6) is 2.12. The van der Waals surface area contributed by atoms with Crippen LogP contribution in [0.3, 0.4) is 0 Å². The zero-order valence-corrected chi connectivity index (χ0v) is 10.0. The fourth-order valence-electron chi connectivity index (χ4n) is 2.55. The van der Waals surface area contributed by atoms with Crippen LogP contribution in [0.15, 0.2) is 4.52 Å². The maximum atomic E-state index is 5.92. The first kappa shape index (κ1) is 11.2. The van der Waals surface area contributed by atoms with Gasteiger partial charge in [0, 0.05) is 25.7 Å². The zero-order valence-electron chi connectivity index (χ0n) is 10.0. The number of hydrogen-bond acceptors (Lipinski definition) is 5. The normalized spacial score (nSPS) is 24.5. The Bertz CT molecular complexity index is 381. The summed E-state index contributed by atoms with van der Waals surface area (Å²) >= 11 is 0. The van der Waals surface area contributed by atoms with E-state index in [2.05, 4.69) is 10.1 Å². The number of rotatable bonds is 3. The summed E-state index contributed by atoms with van der Waals surface area (Å²) in [6.07, 6.45) is 5.44. The summed E-state index contributed by atoms with van der Waals surface area (Å²) in [5.41, 5.74) is 5.77. The predicted molar refractivity (Wildman–Crippen MR) is 61.7 cm³/mol. The average molecular weight is 237 g/mol. The van der Waals surface area contributed by atoms with Crippen molar-refractivity contribution in [1.29, 1.82) is 0 Å². The number of ether oxygens (including phenoxy) is 1. The molecule has 1 aromatic rings. The van der Waals surface area contributed by atoms with E-state index in [-0.39, 0.29) is 5.41 Å². The second-order valence-corrected chi connectivity index (χ2v) is 5.18. The number of hydrogen-bond donors (Lipinski definition) is 1. The van der Waals surface area contributed by atoms with E-state index in [9.17, 15) is 0 Å². The topological polar surface area (TPSA) is 74.2 Å². The van der Waals surface area contributed by atoms with E-state index in [1.54, 1.807) is 0 Å². The minimum Gasteiger partial charge on any atom is -0.381 e. The van der Waals surface area contributed by atoms with Crippen LogP contribution in [0.2, 0.25) is 0 Å². The lowest BCUT2D eigenvalue weighted by molar-refractivity contribution is 0.0409. The van der Waals surface area contributed by atoms with Crippen molar-refractivity contribution in [3.8, 4) is 0 Å². The van der Waals surface area contributed by atoms with Gasteiger partial charge in [0.05, 0.1) is 5.41 Å². The molecular weight excluding hydrogens is 218 g/mol. The number of nitrogens with zero attached hydrogens (tertiary/aromatic N) is 2. The van der Waals surface area contributed by atoms with Crippen LogP contribution in [0, 0.1) is 0 Å². The molecule has 2 fully saturated rings. The highest BCUT2D eigenvalue weighted by Gasteiger charge is 2.39. The highest BCUT2D eigenvalue weighted by Crippen LogP contribution is 2.37. The molecule has 0 unspecified atom stereocenters. The van der Waals surface area contributed by atoms with Crippen molar-refractivity contribution in [3.05, 3.63) is 11.7 Å². The van der Waals surface area contributed by atoms with Gasteiger partial charge in [-0.1, -0.05) is 11.6 Å². The molecule has 2 heterocycles. The first-order chi connectivity index (χ1) is 8.34. The Kier molecular flexibility index (Phi) is 2.88. The third kappa shape index (κ3) is 1.87. The maximum Gasteiger partial charge on any atom is 0.234 e. The Morgan fingerprint density at radius 3 is 2.65 bits per heavy atom. The molecule has 0 amide bonds. The van der Waals surface area contributed by atoms with E-state index < -0.39 is 0 Å². The van der Waals surface area contributed by atoms with Crippen LogP contribution in [0.25, 0.3) is 0 Å². The van der Waals surface area contributed by atoms with Crippen molar-refractivity contribution in [2.75, 3.05) is 19.8 Å². The molecule has 0 atom stereocenters. The largest absolute Gasteiger partial charge is 0.381 e. The van der Waals surface area contributed by atoms with Crippen molar-refractivity contribution in [3.63, 3.8) is 0 Å². The molecule has 0 radical (unpaired) electrons. The molecule has 0 aromatic carbocycles. The minimum atomic E-state index is -0.146. The minimum absolute atomic E-state index is 0.146. The Morgan fingerprint density at radius 2 is 2.06 bits per heavy atom. The van der Waals surface area contributed by atoms with Crippen molar-refractivity contribution in [2.45, 2.75) is 43.4 Å². The Balaban J connectivity index is 1.82. The fourth-order valence-corrected chi connectivity index (χ4v) is 2.55. The Morgan fingerprint density at radius 1 is 1.29 bits per heavy atom. The predicted octanol–water partition coefficient (Wildman–Crippen LogP) is 1.34. The van der Waals surface area contributed by atoms with Gasteiger partial charge in [-0.25, -0.2) is 0 Å². The zero-order chi connectivity index (χ0) is 11.7. The maximum absolute atomic E-state index is 5.92. The first-order valence-electron chi connectivity index (χ1n) is 6.46. The van der Waals surface area contributed by atoms with Gasteiger partial charge in [-0.3, -0.25) is 0 Å². The molecule has 1 aliphatic carbocycles. The van der Waals surface area contributed by atoms with Gasteiger partial charge in [0.1, 0.15) is 0 Å².